The highest BCUT2D eigenvalue weighted by molar-refractivity contribution is 7.12. The van der Waals surface area contributed by atoms with Gasteiger partial charge in [0.25, 0.3) is 5.91 Å². The van der Waals surface area contributed by atoms with Crippen LogP contribution >= 0.6 is 11.3 Å². The molecular formula is C15H22N2O2S. The lowest BCUT2D eigenvalue weighted by Gasteiger charge is -2.35. The predicted octanol–water partition coefficient (Wildman–Crippen LogP) is 1.83. The van der Waals surface area contributed by atoms with Crippen molar-refractivity contribution >= 4 is 17.2 Å². The van der Waals surface area contributed by atoms with Crippen molar-refractivity contribution in [1.29, 1.82) is 0 Å². The van der Waals surface area contributed by atoms with Crippen molar-refractivity contribution < 1.29 is 9.90 Å². The lowest BCUT2D eigenvalue weighted by atomic mass is 10.1. The van der Waals surface area contributed by atoms with Gasteiger partial charge in [-0.1, -0.05) is 12.1 Å². The number of allylic oxidation sites excluding steroid dienone is 1. The standard InChI is InChI=1S/C15H22N2O2S/c1-2-3-5-13(18)12-16-7-9-17(10-8-16)15(19)14-6-4-11-20-14/h2,4,6,11,13,18H,1,3,5,7-10,12H2. The van der Waals surface area contributed by atoms with Crippen LogP contribution in [0, 0.1) is 0 Å². The minimum atomic E-state index is -0.299. The number of carbonyl (C=O) groups is 1. The van der Waals surface area contributed by atoms with E-state index < -0.39 is 0 Å². The Labute approximate surface area is 124 Å². The third kappa shape index (κ3) is 4.16. The van der Waals surface area contributed by atoms with E-state index in [-0.39, 0.29) is 12.0 Å². The lowest BCUT2D eigenvalue weighted by Crippen LogP contribution is -2.50. The molecule has 1 atom stereocenters. The van der Waals surface area contributed by atoms with E-state index in [1.807, 2.05) is 28.5 Å². The number of carbonyl (C=O) groups excluding carboxylic acids is 1. The van der Waals surface area contributed by atoms with Gasteiger partial charge in [0.1, 0.15) is 0 Å². The van der Waals surface area contributed by atoms with Gasteiger partial charge in [-0.15, -0.1) is 17.9 Å². The molecule has 2 rings (SSSR count). The summed E-state index contributed by atoms with van der Waals surface area (Å²) in [6.07, 6.45) is 3.14. The summed E-state index contributed by atoms with van der Waals surface area (Å²) in [5.41, 5.74) is 0. The van der Waals surface area contributed by atoms with Gasteiger partial charge < -0.3 is 10.0 Å². The highest BCUT2D eigenvalue weighted by Gasteiger charge is 2.23. The van der Waals surface area contributed by atoms with Crippen LogP contribution in [0.25, 0.3) is 0 Å². The smallest absolute Gasteiger partial charge is 0.264 e. The highest BCUT2D eigenvalue weighted by Crippen LogP contribution is 2.14. The van der Waals surface area contributed by atoms with Crippen LogP contribution in [0.1, 0.15) is 22.5 Å². The van der Waals surface area contributed by atoms with Crippen LogP contribution < -0.4 is 0 Å². The normalized spacial score (nSPS) is 17.9. The quantitative estimate of drug-likeness (QED) is 0.814. The van der Waals surface area contributed by atoms with Crippen LogP contribution in [0.3, 0.4) is 0 Å². The Hall–Kier alpha value is -1.17. The molecule has 1 aliphatic rings. The van der Waals surface area contributed by atoms with Gasteiger partial charge in [0.2, 0.25) is 0 Å². The van der Waals surface area contributed by atoms with Crippen LogP contribution in [-0.4, -0.2) is 59.6 Å². The number of hydrogen-bond donors (Lipinski definition) is 1. The molecular weight excluding hydrogens is 272 g/mol. The Morgan fingerprint density at radius 1 is 1.45 bits per heavy atom. The van der Waals surface area contributed by atoms with Crippen LogP contribution in [-0.2, 0) is 0 Å². The highest BCUT2D eigenvalue weighted by atomic mass is 32.1. The monoisotopic (exact) mass is 294 g/mol. The van der Waals surface area contributed by atoms with Crippen LogP contribution in [0.5, 0.6) is 0 Å². The van der Waals surface area contributed by atoms with Gasteiger partial charge in [-0.3, -0.25) is 9.69 Å². The fourth-order valence-electron chi connectivity index (χ4n) is 2.39. The van der Waals surface area contributed by atoms with E-state index in [1.165, 1.54) is 11.3 Å². The van der Waals surface area contributed by atoms with E-state index in [0.717, 1.165) is 43.9 Å². The Kier molecular flexibility index (Phi) is 5.76. The molecule has 1 aromatic rings. The largest absolute Gasteiger partial charge is 0.392 e. The molecule has 1 aliphatic heterocycles. The Morgan fingerprint density at radius 2 is 2.20 bits per heavy atom. The zero-order valence-corrected chi connectivity index (χ0v) is 12.5. The van der Waals surface area contributed by atoms with Crippen LogP contribution in [0.15, 0.2) is 30.2 Å². The molecule has 0 saturated carbocycles. The summed E-state index contributed by atoms with van der Waals surface area (Å²) >= 11 is 1.49. The summed E-state index contributed by atoms with van der Waals surface area (Å²) < 4.78 is 0. The number of piperazine rings is 1. The van der Waals surface area contributed by atoms with Crippen molar-refractivity contribution in [3.05, 3.63) is 35.0 Å². The second-order valence-corrected chi connectivity index (χ2v) is 6.04. The maximum absolute atomic E-state index is 12.2. The number of amides is 1. The molecule has 2 heterocycles. The molecule has 5 heteroatoms. The number of β-amino-alcohol motifs (C(OH)–C–C–N with tert-alkyl or cyclic N) is 1. The molecule has 110 valence electrons. The van der Waals surface area contributed by atoms with Crippen molar-refractivity contribution in [3.8, 4) is 0 Å². The first-order valence-electron chi connectivity index (χ1n) is 7.05. The van der Waals surface area contributed by atoms with Gasteiger partial charge in [-0.25, -0.2) is 0 Å². The van der Waals surface area contributed by atoms with Gasteiger partial charge in [0.15, 0.2) is 0 Å². The molecule has 0 aliphatic carbocycles. The van der Waals surface area contributed by atoms with Gasteiger partial charge in [-0.05, 0) is 24.3 Å². The molecule has 0 radical (unpaired) electrons. The molecule has 1 saturated heterocycles. The van der Waals surface area contributed by atoms with Crippen LogP contribution in [0.2, 0.25) is 0 Å². The van der Waals surface area contributed by atoms with Crippen LogP contribution in [0.4, 0.5) is 0 Å². The Balaban J connectivity index is 1.75. The van der Waals surface area contributed by atoms with E-state index in [9.17, 15) is 9.90 Å². The van der Waals surface area contributed by atoms with Crippen molar-refractivity contribution in [2.45, 2.75) is 18.9 Å². The topological polar surface area (TPSA) is 43.8 Å². The summed E-state index contributed by atoms with van der Waals surface area (Å²) in [6.45, 7) is 7.51. The maximum atomic E-state index is 12.2. The fourth-order valence-corrected chi connectivity index (χ4v) is 3.08. The molecule has 1 amide bonds. The molecule has 0 aromatic carbocycles. The maximum Gasteiger partial charge on any atom is 0.264 e. The second kappa shape index (κ2) is 7.57. The summed E-state index contributed by atoms with van der Waals surface area (Å²) in [6, 6.07) is 3.78. The van der Waals surface area contributed by atoms with Crippen molar-refractivity contribution in [1.82, 2.24) is 9.80 Å². The van der Waals surface area contributed by atoms with Gasteiger partial charge >= 0.3 is 0 Å². The molecule has 1 unspecified atom stereocenters. The Bertz CT molecular complexity index is 425. The lowest BCUT2D eigenvalue weighted by molar-refractivity contribution is 0.0521. The first-order valence-corrected chi connectivity index (χ1v) is 7.92. The average molecular weight is 294 g/mol. The molecule has 1 fully saturated rings. The van der Waals surface area contributed by atoms with E-state index in [4.69, 9.17) is 0 Å². The Morgan fingerprint density at radius 3 is 2.80 bits per heavy atom. The summed E-state index contributed by atoms with van der Waals surface area (Å²) in [7, 11) is 0. The molecule has 1 N–H and O–H groups in total. The molecule has 4 nitrogen and oxygen atoms in total. The van der Waals surface area contributed by atoms with Crippen molar-refractivity contribution in [2.75, 3.05) is 32.7 Å². The molecule has 0 spiro atoms. The van der Waals surface area contributed by atoms with Gasteiger partial charge in [0, 0.05) is 32.7 Å². The number of nitrogens with zero attached hydrogens (tertiary/aromatic N) is 2. The second-order valence-electron chi connectivity index (χ2n) is 5.09. The van der Waals surface area contributed by atoms with E-state index in [1.54, 1.807) is 0 Å². The number of rotatable bonds is 6. The third-order valence-electron chi connectivity index (χ3n) is 3.56. The number of hydrogen-bond acceptors (Lipinski definition) is 4. The van der Waals surface area contributed by atoms with Crippen molar-refractivity contribution in [3.63, 3.8) is 0 Å². The zero-order chi connectivity index (χ0) is 14.4. The summed E-state index contributed by atoms with van der Waals surface area (Å²) in [5.74, 6) is 0.131. The summed E-state index contributed by atoms with van der Waals surface area (Å²) in [5, 5.41) is 11.8. The predicted molar refractivity (Wildman–Crippen MR) is 82.1 cm³/mol. The minimum absolute atomic E-state index is 0.131. The zero-order valence-electron chi connectivity index (χ0n) is 11.7. The SMILES string of the molecule is C=CCCC(O)CN1CCN(C(=O)c2cccs2)CC1. The van der Waals surface area contributed by atoms with E-state index in [2.05, 4.69) is 11.5 Å². The third-order valence-corrected chi connectivity index (χ3v) is 4.42. The average Bonchev–Trinajstić information content (AvgIpc) is 2.99. The van der Waals surface area contributed by atoms with Gasteiger partial charge in [-0.2, -0.15) is 0 Å². The van der Waals surface area contributed by atoms with E-state index >= 15 is 0 Å². The minimum Gasteiger partial charge on any atom is -0.392 e. The number of thiophene rings is 1. The fraction of sp³-hybridized carbons (Fsp3) is 0.533. The number of aliphatic hydroxyl groups is 1. The molecule has 1 aromatic heterocycles. The van der Waals surface area contributed by atoms with Gasteiger partial charge in [0.05, 0.1) is 11.0 Å². The molecule has 20 heavy (non-hydrogen) atoms. The van der Waals surface area contributed by atoms with Crippen molar-refractivity contribution in [2.24, 2.45) is 0 Å². The first-order chi connectivity index (χ1) is 9.70. The first kappa shape index (κ1) is 15.2. The van der Waals surface area contributed by atoms with E-state index in [0.29, 0.717) is 6.54 Å². The summed E-state index contributed by atoms with van der Waals surface area (Å²) in [4.78, 5) is 17.1. The number of aliphatic hydroxyl groups excluding tert-OH is 1. The molecule has 0 bridgehead atoms.